The molecule has 19 heavy (non-hydrogen) atoms. The fraction of sp³-hybridized carbons (Fsp3) is 0.133. The minimum atomic E-state index is -0.00357. The van der Waals surface area contributed by atoms with Gasteiger partial charge in [-0.15, -0.1) is 0 Å². The van der Waals surface area contributed by atoms with Crippen molar-refractivity contribution in [3.05, 3.63) is 53.9 Å². The maximum absolute atomic E-state index is 9.21. The Morgan fingerprint density at radius 2 is 2.11 bits per heavy atom. The third kappa shape index (κ3) is 2.12. The zero-order valence-corrected chi connectivity index (χ0v) is 10.4. The lowest BCUT2D eigenvalue weighted by atomic mass is 10.0. The maximum Gasteiger partial charge on any atom is 0.137 e. The van der Waals surface area contributed by atoms with Crippen molar-refractivity contribution in [3.8, 4) is 11.1 Å². The molecule has 0 radical (unpaired) electrons. The van der Waals surface area contributed by atoms with Crippen molar-refractivity contribution in [1.29, 1.82) is 0 Å². The van der Waals surface area contributed by atoms with Crippen molar-refractivity contribution in [2.45, 2.75) is 13.2 Å². The molecule has 3 rings (SSSR count). The van der Waals surface area contributed by atoms with Crippen molar-refractivity contribution in [3.63, 3.8) is 0 Å². The standard InChI is InChI=1S/C15H15N3O/c16-6-10-2-1-3-12(4-10)14-8-18-15-13(14)5-11(9-19)7-17-15/h1-5,7-8,19H,6,9,16H2,(H,17,18). The van der Waals surface area contributed by atoms with Crippen LogP contribution in [-0.2, 0) is 13.2 Å². The molecule has 1 aromatic carbocycles. The van der Waals surface area contributed by atoms with E-state index in [1.54, 1.807) is 6.20 Å². The molecule has 2 heterocycles. The maximum atomic E-state index is 9.21. The average molecular weight is 253 g/mol. The predicted molar refractivity (Wildman–Crippen MR) is 75.3 cm³/mol. The Labute approximate surface area is 110 Å². The van der Waals surface area contributed by atoms with E-state index in [0.717, 1.165) is 33.3 Å². The van der Waals surface area contributed by atoms with Gasteiger partial charge in [-0.25, -0.2) is 4.98 Å². The van der Waals surface area contributed by atoms with Gasteiger partial charge in [0.25, 0.3) is 0 Å². The van der Waals surface area contributed by atoms with E-state index >= 15 is 0 Å². The van der Waals surface area contributed by atoms with E-state index in [0.29, 0.717) is 6.54 Å². The van der Waals surface area contributed by atoms with E-state index < -0.39 is 0 Å². The van der Waals surface area contributed by atoms with E-state index in [1.807, 2.05) is 30.5 Å². The summed E-state index contributed by atoms with van der Waals surface area (Å²) >= 11 is 0. The number of fused-ring (bicyclic) bond motifs is 1. The molecule has 0 aliphatic carbocycles. The molecule has 0 saturated carbocycles. The predicted octanol–water partition coefficient (Wildman–Crippen LogP) is 2.18. The molecule has 0 aliphatic heterocycles. The second kappa shape index (κ2) is 4.84. The van der Waals surface area contributed by atoms with Crippen LogP contribution in [0, 0.1) is 0 Å². The Balaban J connectivity index is 2.18. The van der Waals surface area contributed by atoms with Gasteiger partial charge in [-0.05, 0) is 28.8 Å². The first-order chi connectivity index (χ1) is 9.31. The summed E-state index contributed by atoms with van der Waals surface area (Å²) in [5.41, 5.74) is 10.6. The van der Waals surface area contributed by atoms with E-state index in [2.05, 4.69) is 16.0 Å². The van der Waals surface area contributed by atoms with Crippen LogP contribution in [0.15, 0.2) is 42.7 Å². The van der Waals surface area contributed by atoms with Crippen LogP contribution in [0.5, 0.6) is 0 Å². The summed E-state index contributed by atoms with van der Waals surface area (Å²) < 4.78 is 0. The molecule has 4 heteroatoms. The number of hydrogen-bond donors (Lipinski definition) is 3. The van der Waals surface area contributed by atoms with Gasteiger partial charge in [-0.2, -0.15) is 0 Å². The quantitative estimate of drug-likeness (QED) is 0.669. The highest BCUT2D eigenvalue weighted by molar-refractivity contribution is 5.93. The first kappa shape index (κ1) is 11.9. The molecule has 96 valence electrons. The van der Waals surface area contributed by atoms with Gasteiger partial charge in [-0.3, -0.25) is 0 Å². The number of hydrogen-bond acceptors (Lipinski definition) is 3. The minimum absolute atomic E-state index is 0.00357. The number of aromatic nitrogens is 2. The van der Waals surface area contributed by atoms with Gasteiger partial charge in [0.1, 0.15) is 5.65 Å². The van der Waals surface area contributed by atoms with E-state index in [4.69, 9.17) is 5.73 Å². The summed E-state index contributed by atoms with van der Waals surface area (Å²) in [6, 6.07) is 10.1. The summed E-state index contributed by atoms with van der Waals surface area (Å²) in [6.45, 7) is 0.521. The number of aliphatic hydroxyl groups excluding tert-OH is 1. The van der Waals surface area contributed by atoms with Crippen LogP contribution in [0.1, 0.15) is 11.1 Å². The molecule has 0 aliphatic rings. The second-order valence-corrected chi connectivity index (χ2v) is 4.50. The van der Waals surface area contributed by atoms with Gasteiger partial charge in [0.2, 0.25) is 0 Å². The number of aromatic amines is 1. The molecule has 3 aromatic rings. The average Bonchev–Trinajstić information content (AvgIpc) is 2.90. The molecule has 4 nitrogen and oxygen atoms in total. The van der Waals surface area contributed by atoms with Gasteiger partial charge in [0.05, 0.1) is 6.61 Å². The summed E-state index contributed by atoms with van der Waals surface area (Å²) in [4.78, 5) is 7.45. The zero-order chi connectivity index (χ0) is 13.2. The lowest BCUT2D eigenvalue weighted by Crippen LogP contribution is -1.95. The highest BCUT2D eigenvalue weighted by atomic mass is 16.3. The van der Waals surface area contributed by atoms with Gasteiger partial charge in [-0.1, -0.05) is 18.2 Å². The number of nitrogens with one attached hydrogen (secondary N) is 1. The molecule has 0 spiro atoms. The Hall–Kier alpha value is -2.17. The Bertz CT molecular complexity index is 718. The Kier molecular flexibility index (Phi) is 3.03. The Morgan fingerprint density at radius 1 is 1.21 bits per heavy atom. The molecular weight excluding hydrogens is 238 g/mol. The molecule has 0 saturated heterocycles. The third-order valence-corrected chi connectivity index (χ3v) is 3.24. The van der Waals surface area contributed by atoms with Crippen molar-refractivity contribution >= 4 is 11.0 Å². The van der Waals surface area contributed by atoms with Crippen LogP contribution in [0.4, 0.5) is 0 Å². The van der Waals surface area contributed by atoms with Gasteiger partial charge >= 0.3 is 0 Å². The van der Waals surface area contributed by atoms with Gasteiger partial charge in [0.15, 0.2) is 0 Å². The van der Waals surface area contributed by atoms with Crippen LogP contribution in [0.25, 0.3) is 22.2 Å². The monoisotopic (exact) mass is 253 g/mol. The SMILES string of the molecule is NCc1cccc(-c2c[nH]c3ncc(CO)cc23)c1. The number of rotatable bonds is 3. The number of nitrogens with two attached hydrogens (primary N) is 1. The second-order valence-electron chi connectivity index (χ2n) is 4.50. The number of benzene rings is 1. The normalized spacial score (nSPS) is 11.1. The molecular formula is C15H15N3O. The van der Waals surface area contributed by atoms with Gasteiger partial charge in [0, 0.05) is 29.9 Å². The molecule has 0 atom stereocenters. The summed E-state index contributed by atoms with van der Waals surface area (Å²) in [5.74, 6) is 0. The lowest BCUT2D eigenvalue weighted by molar-refractivity contribution is 0.281. The zero-order valence-electron chi connectivity index (χ0n) is 10.4. The molecule has 0 unspecified atom stereocenters. The van der Waals surface area contributed by atoms with Crippen LogP contribution in [-0.4, -0.2) is 15.1 Å². The van der Waals surface area contributed by atoms with Gasteiger partial charge < -0.3 is 15.8 Å². The van der Waals surface area contributed by atoms with Crippen LogP contribution in [0.2, 0.25) is 0 Å². The topological polar surface area (TPSA) is 74.9 Å². The van der Waals surface area contributed by atoms with Crippen LogP contribution in [0.3, 0.4) is 0 Å². The van der Waals surface area contributed by atoms with Crippen molar-refractivity contribution in [1.82, 2.24) is 9.97 Å². The van der Waals surface area contributed by atoms with Crippen LogP contribution < -0.4 is 5.73 Å². The molecule has 0 fully saturated rings. The minimum Gasteiger partial charge on any atom is -0.392 e. The highest BCUT2D eigenvalue weighted by Crippen LogP contribution is 2.28. The largest absolute Gasteiger partial charge is 0.392 e. The summed E-state index contributed by atoms with van der Waals surface area (Å²) in [7, 11) is 0. The fourth-order valence-corrected chi connectivity index (χ4v) is 2.24. The molecule has 2 aromatic heterocycles. The lowest BCUT2D eigenvalue weighted by Gasteiger charge is -2.03. The first-order valence-corrected chi connectivity index (χ1v) is 6.18. The number of pyridine rings is 1. The highest BCUT2D eigenvalue weighted by Gasteiger charge is 2.08. The summed E-state index contributed by atoms with van der Waals surface area (Å²) in [5, 5.41) is 10.2. The number of H-pyrrole nitrogens is 1. The Morgan fingerprint density at radius 3 is 2.89 bits per heavy atom. The summed E-state index contributed by atoms with van der Waals surface area (Å²) in [6.07, 6.45) is 3.62. The smallest absolute Gasteiger partial charge is 0.137 e. The number of aliphatic hydroxyl groups is 1. The van der Waals surface area contributed by atoms with E-state index in [1.165, 1.54) is 0 Å². The third-order valence-electron chi connectivity index (χ3n) is 3.24. The van der Waals surface area contributed by atoms with E-state index in [-0.39, 0.29) is 6.61 Å². The molecule has 0 bridgehead atoms. The molecule has 0 amide bonds. The van der Waals surface area contributed by atoms with Crippen LogP contribution >= 0.6 is 0 Å². The van der Waals surface area contributed by atoms with Crippen molar-refractivity contribution < 1.29 is 5.11 Å². The van der Waals surface area contributed by atoms with Crippen molar-refractivity contribution in [2.24, 2.45) is 5.73 Å². The van der Waals surface area contributed by atoms with Crippen molar-refractivity contribution in [2.75, 3.05) is 0 Å². The number of nitrogens with zero attached hydrogens (tertiary/aromatic N) is 1. The first-order valence-electron chi connectivity index (χ1n) is 6.18. The fourth-order valence-electron chi connectivity index (χ4n) is 2.24. The molecule has 4 N–H and O–H groups in total. The van der Waals surface area contributed by atoms with E-state index in [9.17, 15) is 5.11 Å².